The number of carbonyl (C=O) groups is 1. The van der Waals surface area contributed by atoms with Crippen molar-refractivity contribution in [1.29, 1.82) is 0 Å². The summed E-state index contributed by atoms with van der Waals surface area (Å²) in [5.74, 6) is 1.16. The number of benzene rings is 3. The van der Waals surface area contributed by atoms with Gasteiger partial charge >= 0.3 is 0 Å². The highest BCUT2D eigenvalue weighted by atomic mass is 16.5. The van der Waals surface area contributed by atoms with Crippen LogP contribution in [0.15, 0.2) is 54.6 Å². The molecule has 5 rings (SSSR count). The molecule has 4 N–H and O–H groups in total. The van der Waals surface area contributed by atoms with Crippen LogP contribution in [-0.4, -0.2) is 37.3 Å². The number of aromatic hydroxyl groups is 1. The number of methoxy groups -OCH3 is 1. The number of phenols is 1. The van der Waals surface area contributed by atoms with Crippen molar-refractivity contribution in [2.45, 2.75) is 44.7 Å². The fourth-order valence-corrected chi connectivity index (χ4v) is 5.39. The first-order valence-corrected chi connectivity index (χ1v) is 12.4. The lowest BCUT2D eigenvalue weighted by Gasteiger charge is -2.30. The average molecular weight is 472 g/mol. The first-order chi connectivity index (χ1) is 17.0. The summed E-state index contributed by atoms with van der Waals surface area (Å²) in [5.41, 5.74) is 7.76. The maximum absolute atomic E-state index is 13.4. The summed E-state index contributed by atoms with van der Waals surface area (Å²) in [6, 6.07) is 17.8. The second-order valence-corrected chi connectivity index (χ2v) is 9.55. The van der Waals surface area contributed by atoms with Gasteiger partial charge in [-0.25, -0.2) is 0 Å². The minimum absolute atomic E-state index is 0.0172. The summed E-state index contributed by atoms with van der Waals surface area (Å²) < 4.78 is 5.71. The van der Waals surface area contributed by atoms with Gasteiger partial charge in [0, 0.05) is 24.7 Å². The van der Waals surface area contributed by atoms with Crippen LogP contribution in [0.4, 0.5) is 5.69 Å². The van der Waals surface area contributed by atoms with Gasteiger partial charge in [0.15, 0.2) is 0 Å². The normalized spacial score (nSPS) is 19.0. The van der Waals surface area contributed by atoms with Crippen LogP contribution in [0.25, 0.3) is 0 Å². The van der Waals surface area contributed by atoms with Crippen molar-refractivity contribution in [3.8, 4) is 11.5 Å². The predicted octanol–water partition coefficient (Wildman–Crippen LogP) is 4.03. The quantitative estimate of drug-likeness (QED) is 0.452. The maximum Gasteiger partial charge on any atom is 0.237 e. The van der Waals surface area contributed by atoms with Gasteiger partial charge in [0.1, 0.15) is 11.5 Å². The lowest BCUT2D eigenvalue weighted by molar-refractivity contribution is -0.123. The van der Waals surface area contributed by atoms with Crippen molar-refractivity contribution in [3.63, 3.8) is 0 Å². The van der Waals surface area contributed by atoms with Gasteiger partial charge in [-0.1, -0.05) is 30.3 Å². The molecule has 2 aliphatic rings. The Hall–Kier alpha value is -3.51. The van der Waals surface area contributed by atoms with Crippen LogP contribution in [0.1, 0.15) is 45.8 Å². The third kappa shape index (κ3) is 4.98. The molecule has 3 aromatic carbocycles. The molecule has 0 unspecified atom stereocenters. The van der Waals surface area contributed by atoms with Crippen LogP contribution >= 0.6 is 0 Å². The van der Waals surface area contributed by atoms with Gasteiger partial charge in [0.25, 0.3) is 0 Å². The number of amides is 1. The lowest BCUT2D eigenvalue weighted by Crippen LogP contribution is -2.47. The topological polar surface area (TPSA) is 82.6 Å². The minimum atomic E-state index is -0.306. The Morgan fingerprint density at radius 2 is 1.97 bits per heavy atom. The third-order valence-corrected chi connectivity index (χ3v) is 7.19. The fourth-order valence-electron chi connectivity index (χ4n) is 5.39. The molecule has 35 heavy (non-hydrogen) atoms. The van der Waals surface area contributed by atoms with Crippen molar-refractivity contribution in [2.24, 2.45) is 0 Å². The van der Waals surface area contributed by atoms with Gasteiger partial charge in [0.05, 0.1) is 19.2 Å². The van der Waals surface area contributed by atoms with E-state index in [1.807, 2.05) is 31.2 Å². The van der Waals surface area contributed by atoms with Crippen LogP contribution in [-0.2, 0) is 24.1 Å². The van der Waals surface area contributed by atoms with Crippen LogP contribution in [0.5, 0.6) is 11.5 Å². The monoisotopic (exact) mass is 471 g/mol. The standard InChI is InChI=1S/C29H33N3O3/c1-18-12-22(33)14-20-8-10-31-27(16-23(18)20)29(34)32-25-9-11-30-26-17-28(35-2)21(15-24(25)26)13-19-6-4-3-5-7-19/h3-7,12,14-15,17,25,27,30-31,33H,8-11,13,16H2,1-2H3,(H,32,34)/t25-,27+/m1/s1. The Morgan fingerprint density at radius 1 is 1.14 bits per heavy atom. The number of hydrogen-bond donors (Lipinski definition) is 4. The van der Waals surface area contributed by atoms with E-state index < -0.39 is 0 Å². The highest BCUT2D eigenvalue weighted by Crippen LogP contribution is 2.36. The molecule has 0 spiro atoms. The van der Waals surface area contributed by atoms with Gasteiger partial charge in [-0.2, -0.15) is 0 Å². The molecule has 3 aromatic rings. The molecule has 2 atom stereocenters. The molecule has 182 valence electrons. The van der Waals surface area contributed by atoms with E-state index in [2.05, 4.69) is 40.2 Å². The molecule has 6 nitrogen and oxygen atoms in total. The number of rotatable bonds is 5. The van der Waals surface area contributed by atoms with Crippen molar-refractivity contribution < 1.29 is 14.6 Å². The number of ether oxygens (including phenoxy) is 1. The van der Waals surface area contributed by atoms with Crippen molar-refractivity contribution >= 4 is 11.6 Å². The zero-order valence-corrected chi connectivity index (χ0v) is 20.4. The van der Waals surface area contributed by atoms with E-state index in [0.29, 0.717) is 13.0 Å². The first kappa shape index (κ1) is 23.2. The Balaban J connectivity index is 1.38. The van der Waals surface area contributed by atoms with E-state index in [4.69, 9.17) is 4.74 Å². The third-order valence-electron chi connectivity index (χ3n) is 7.19. The van der Waals surface area contributed by atoms with Crippen molar-refractivity contribution in [3.05, 3.63) is 88.0 Å². The number of fused-ring (bicyclic) bond motifs is 2. The Labute approximate surface area is 206 Å². The number of anilines is 1. The van der Waals surface area contributed by atoms with Gasteiger partial charge in [-0.3, -0.25) is 4.79 Å². The smallest absolute Gasteiger partial charge is 0.237 e. The number of nitrogens with one attached hydrogen (secondary N) is 3. The Kier molecular flexibility index (Phi) is 6.64. The van der Waals surface area contributed by atoms with Crippen LogP contribution < -0.4 is 20.7 Å². The van der Waals surface area contributed by atoms with E-state index in [1.54, 1.807) is 13.2 Å². The number of phenolic OH excluding ortho intramolecular Hbond substituents is 1. The van der Waals surface area contributed by atoms with Crippen LogP contribution in [0.3, 0.4) is 0 Å². The molecule has 0 aromatic heterocycles. The average Bonchev–Trinajstić information content (AvgIpc) is 3.07. The minimum Gasteiger partial charge on any atom is -0.508 e. The molecule has 6 heteroatoms. The lowest BCUT2D eigenvalue weighted by atomic mass is 9.92. The van der Waals surface area contributed by atoms with Gasteiger partial charge in [-0.15, -0.1) is 0 Å². The first-order valence-electron chi connectivity index (χ1n) is 12.4. The molecule has 2 heterocycles. The predicted molar refractivity (Wildman–Crippen MR) is 138 cm³/mol. The molecule has 0 saturated carbocycles. The van der Waals surface area contributed by atoms with Crippen molar-refractivity contribution in [2.75, 3.05) is 25.5 Å². The van der Waals surface area contributed by atoms with E-state index in [1.165, 1.54) is 5.56 Å². The summed E-state index contributed by atoms with van der Waals surface area (Å²) in [5, 5.41) is 20.2. The number of carbonyl (C=O) groups excluding carboxylic acids is 1. The van der Waals surface area contributed by atoms with E-state index in [-0.39, 0.29) is 23.7 Å². The zero-order valence-electron chi connectivity index (χ0n) is 20.4. The van der Waals surface area contributed by atoms with E-state index >= 15 is 0 Å². The van der Waals surface area contributed by atoms with Crippen LogP contribution in [0.2, 0.25) is 0 Å². The van der Waals surface area contributed by atoms with Gasteiger partial charge in [0.2, 0.25) is 5.91 Å². The SMILES string of the molecule is COc1cc2c(cc1Cc1ccccc1)[C@H](NC(=O)[C@@H]1Cc3c(C)cc(O)cc3CCN1)CCN2. The Bertz CT molecular complexity index is 1230. The highest BCUT2D eigenvalue weighted by Gasteiger charge is 2.29. The van der Waals surface area contributed by atoms with E-state index in [0.717, 1.165) is 65.1 Å². The molecule has 0 radical (unpaired) electrons. The number of aryl methyl sites for hydroxylation is 1. The molecular formula is C29H33N3O3. The fraction of sp³-hybridized carbons (Fsp3) is 0.345. The molecule has 2 aliphatic heterocycles. The second-order valence-electron chi connectivity index (χ2n) is 9.55. The summed E-state index contributed by atoms with van der Waals surface area (Å²) in [6.07, 6.45) is 3.01. The summed E-state index contributed by atoms with van der Waals surface area (Å²) in [6.45, 7) is 3.50. The zero-order chi connectivity index (χ0) is 24.4. The van der Waals surface area contributed by atoms with Gasteiger partial charge in [-0.05, 0) is 84.3 Å². The van der Waals surface area contributed by atoms with E-state index in [9.17, 15) is 9.90 Å². The molecule has 0 fully saturated rings. The summed E-state index contributed by atoms with van der Waals surface area (Å²) in [4.78, 5) is 13.4. The molecule has 0 aliphatic carbocycles. The molecule has 1 amide bonds. The second kappa shape index (κ2) is 10.0. The highest BCUT2D eigenvalue weighted by molar-refractivity contribution is 5.83. The molecular weight excluding hydrogens is 438 g/mol. The van der Waals surface area contributed by atoms with Crippen LogP contribution in [0, 0.1) is 6.92 Å². The van der Waals surface area contributed by atoms with Gasteiger partial charge < -0.3 is 25.8 Å². The maximum atomic E-state index is 13.4. The number of hydrogen-bond acceptors (Lipinski definition) is 5. The Morgan fingerprint density at radius 3 is 2.77 bits per heavy atom. The summed E-state index contributed by atoms with van der Waals surface area (Å²) >= 11 is 0. The largest absolute Gasteiger partial charge is 0.508 e. The molecule has 0 saturated heterocycles. The van der Waals surface area contributed by atoms with Crippen molar-refractivity contribution in [1.82, 2.24) is 10.6 Å². The molecule has 0 bridgehead atoms. The summed E-state index contributed by atoms with van der Waals surface area (Å²) in [7, 11) is 1.70.